The van der Waals surface area contributed by atoms with Gasteiger partial charge in [0.2, 0.25) is 21.8 Å². The predicted octanol–water partition coefficient (Wildman–Crippen LogP) is 4.07. The first-order valence-corrected chi connectivity index (χ1v) is 14.2. The molecule has 0 aliphatic heterocycles. The molecule has 1 N–H and O–H groups in total. The first kappa shape index (κ1) is 27.6. The number of amides is 2. The maximum absolute atomic E-state index is 14.5. The highest BCUT2D eigenvalue weighted by Crippen LogP contribution is 2.23. The van der Waals surface area contributed by atoms with Gasteiger partial charge in [-0.2, -0.15) is 0 Å². The van der Waals surface area contributed by atoms with E-state index >= 15 is 0 Å². The smallest absolute Gasteiger partial charge is 0.244 e. The summed E-state index contributed by atoms with van der Waals surface area (Å²) in [6.07, 6.45) is 6.02. The van der Waals surface area contributed by atoms with Crippen molar-refractivity contribution >= 4 is 27.5 Å². The Hall–Kier alpha value is -2.94. The van der Waals surface area contributed by atoms with E-state index in [2.05, 4.69) is 5.32 Å². The van der Waals surface area contributed by atoms with Crippen molar-refractivity contribution in [2.45, 2.75) is 71.5 Å². The fraction of sp³-hybridized carbons (Fsp3) is 0.481. The molecule has 2 aromatic rings. The molecule has 0 radical (unpaired) electrons. The van der Waals surface area contributed by atoms with Gasteiger partial charge in [-0.1, -0.05) is 43.5 Å². The molecule has 1 saturated carbocycles. The Morgan fingerprint density at radius 2 is 1.67 bits per heavy atom. The third-order valence-corrected chi connectivity index (χ3v) is 7.73. The zero-order valence-corrected chi connectivity index (χ0v) is 22.3. The number of nitrogens with one attached hydrogen (secondary N) is 1. The first-order chi connectivity index (χ1) is 17.0. The van der Waals surface area contributed by atoms with Crippen LogP contribution in [0.5, 0.6) is 0 Å². The highest BCUT2D eigenvalue weighted by molar-refractivity contribution is 7.92. The number of aryl methyl sites for hydroxylation is 2. The van der Waals surface area contributed by atoms with E-state index in [4.69, 9.17) is 0 Å². The molecule has 1 fully saturated rings. The van der Waals surface area contributed by atoms with Crippen LogP contribution in [-0.4, -0.2) is 50.0 Å². The van der Waals surface area contributed by atoms with E-state index in [0.717, 1.165) is 53.8 Å². The van der Waals surface area contributed by atoms with E-state index in [1.54, 1.807) is 37.3 Å². The second-order valence-electron chi connectivity index (χ2n) is 9.75. The van der Waals surface area contributed by atoms with Gasteiger partial charge in [0.25, 0.3) is 0 Å². The van der Waals surface area contributed by atoms with Gasteiger partial charge in [-0.15, -0.1) is 0 Å². The Balaban J connectivity index is 1.90. The van der Waals surface area contributed by atoms with Crippen molar-refractivity contribution < 1.29 is 22.4 Å². The normalized spacial score (nSPS) is 15.2. The maximum atomic E-state index is 14.5. The molecule has 2 aromatic carbocycles. The minimum absolute atomic E-state index is 0.0434. The molecule has 9 heteroatoms. The van der Waals surface area contributed by atoms with Crippen LogP contribution in [0.25, 0.3) is 0 Å². The van der Waals surface area contributed by atoms with Crippen molar-refractivity contribution in [2.75, 3.05) is 17.1 Å². The topological polar surface area (TPSA) is 86.8 Å². The van der Waals surface area contributed by atoms with Gasteiger partial charge in [-0.25, -0.2) is 12.8 Å². The van der Waals surface area contributed by atoms with Gasteiger partial charge < -0.3 is 10.2 Å². The highest BCUT2D eigenvalue weighted by Gasteiger charge is 2.31. The molecule has 3 rings (SSSR count). The lowest BCUT2D eigenvalue weighted by atomic mass is 9.95. The Labute approximate surface area is 213 Å². The van der Waals surface area contributed by atoms with Crippen molar-refractivity contribution in [3.63, 3.8) is 0 Å². The molecular formula is C27H36FN3O4S. The number of benzene rings is 2. The molecular weight excluding hydrogens is 481 g/mol. The number of carbonyl (C=O) groups is 2. The summed E-state index contributed by atoms with van der Waals surface area (Å²) in [5, 5.41) is 3.03. The molecule has 0 unspecified atom stereocenters. The van der Waals surface area contributed by atoms with E-state index in [9.17, 15) is 22.4 Å². The Morgan fingerprint density at radius 3 is 2.25 bits per heavy atom. The van der Waals surface area contributed by atoms with Crippen LogP contribution in [-0.2, 0) is 26.2 Å². The maximum Gasteiger partial charge on any atom is 0.244 e. The Kier molecular flexibility index (Phi) is 9.11. The van der Waals surface area contributed by atoms with E-state index < -0.39 is 34.3 Å². The molecule has 196 valence electrons. The SMILES string of the molecule is Cc1cc(C)cc(N(CC(=O)N(Cc2ccccc2F)[C@@H](C)C(=O)NC2CCCCC2)S(C)(=O)=O)c1. The average Bonchev–Trinajstić information content (AvgIpc) is 2.80. The fourth-order valence-electron chi connectivity index (χ4n) is 4.67. The van der Waals surface area contributed by atoms with E-state index in [1.165, 1.54) is 11.0 Å². The summed E-state index contributed by atoms with van der Waals surface area (Å²) in [4.78, 5) is 28.0. The summed E-state index contributed by atoms with van der Waals surface area (Å²) >= 11 is 0. The summed E-state index contributed by atoms with van der Waals surface area (Å²) in [6, 6.07) is 10.5. The average molecular weight is 518 g/mol. The number of halogens is 1. The van der Waals surface area contributed by atoms with Crippen molar-refractivity contribution in [3.05, 3.63) is 65.0 Å². The molecule has 0 heterocycles. The van der Waals surface area contributed by atoms with Crippen LogP contribution >= 0.6 is 0 Å². The molecule has 2 amide bonds. The summed E-state index contributed by atoms with van der Waals surface area (Å²) in [7, 11) is -3.82. The minimum atomic E-state index is -3.82. The largest absolute Gasteiger partial charge is 0.352 e. The number of carbonyl (C=O) groups excluding carboxylic acids is 2. The third-order valence-electron chi connectivity index (χ3n) is 6.59. The number of hydrogen-bond donors (Lipinski definition) is 1. The lowest BCUT2D eigenvalue weighted by Gasteiger charge is -2.33. The number of hydrogen-bond acceptors (Lipinski definition) is 4. The third kappa shape index (κ3) is 7.29. The summed E-state index contributed by atoms with van der Waals surface area (Å²) in [5.41, 5.74) is 2.33. The van der Waals surface area contributed by atoms with Gasteiger partial charge in [0.15, 0.2) is 0 Å². The molecule has 0 saturated heterocycles. The number of sulfonamides is 1. The molecule has 7 nitrogen and oxygen atoms in total. The lowest BCUT2D eigenvalue weighted by molar-refractivity contribution is -0.139. The van der Waals surface area contributed by atoms with Crippen molar-refractivity contribution in [2.24, 2.45) is 0 Å². The van der Waals surface area contributed by atoms with Crippen LogP contribution < -0.4 is 9.62 Å². The second kappa shape index (κ2) is 11.9. The van der Waals surface area contributed by atoms with E-state index in [-0.39, 0.29) is 24.1 Å². The van der Waals surface area contributed by atoms with Crippen LogP contribution in [0.15, 0.2) is 42.5 Å². The number of rotatable bonds is 9. The molecule has 1 aliphatic rings. The summed E-state index contributed by atoms with van der Waals surface area (Å²) in [5.74, 6) is -1.41. The summed E-state index contributed by atoms with van der Waals surface area (Å²) in [6.45, 7) is 4.63. The Bertz CT molecular complexity index is 1180. The lowest BCUT2D eigenvalue weighted by Crippen LogP contribution is -2.53. The van der Waals surface area contributed by atoms with Gasteiger partial charge in [0, 0.05) is 18.2 Å². The summed E-state index contributed by atoms with van der Waals surface area (Å²) < 4.78 is 41.0. The molecule has 0 bridgehead atoms. The van der Waals surface area contributed by atoms with Gasteiger partial charge in [0.1, 0.15) is 18.4 Å². The predicted molar refractivity (Wildman–Crippen MR) is 140 cm³/mol. The van der Waals surface area contributed by atoms with Crippen LogP contribution in [0.4, 0.5) is 10.1 Å². The number of anilines is 1. The molecule has 1 atom stereocenters. The van der Waals surface area contributed by atoms with Crippen molar-refractivity contribution in [3.8, 4) is 0 Å². The molecule has 36 heavy (non-hydrogen) atoms. The zero-order valence-electron chi connectivity index (χ0n) is 21.5. The Morgan fingerprint density at radius 1 is 1.06 bits per heavy atom. The van der Waals surface area contributed by atoms with Gasteiger partial charge in [-0.05, 0) is 62.9 Å². The van der Waals surface area contributed by atoms with E-state index in [0.29, 0.717) is 5.69 Å². The van der Waals surface area contributed by atoms with Crippen LogP contribution in [0.2, 0.25) is 0 Å². The zero-order chi connectivity index (χ0) is 26.5. The first-order valence-electron chi connectivity index (χ1n) is 12.3. The standard InChI is InChI=1S/C27H36FN3O4S/c1-19-14-20(2)16-24(15-19)31(36(4,34)35)18-26(32)30(17-22-10-8-9-13-25(22)28)21(3)27(33)29-23-11-6-5-7-12-23/h8-10,13-16,21,23H,5-7,11-12,17-18H2,1-4H3,(H,29,33)/t21-/m0/s1. The quantitative estimate of drug-likeness (QED) is 0.543. The highest BCUT2D eigenvalue weighted by atomic mass is 32.2. The molecule has 0 spiro atoms. The molecule has 0 aromatic heterocycles. The minimum Gasteiger partial charge on any atom is -0.352 e. The van der Waals surface area contributed by atoms with Gasteiger partial charge in [0.05, 0.1) is 11.9 Å². The van der Waals surface area contributed by atoms with Gasteiger partial charge in [-0.3, -0.25) is 13.9 Å². The molecule has 1 aliphatic carbocycles. The van der Waals surface area contributed by atoms with Crippen LogP contribution in [0, 0.1) is 19.7 Å². The van der Waals surface area contributed by atoms with Gasteiger partial charge >= 0.3 is 0 Å². The van der Waals surface area contributed by atoms with Crippen LogP contribution in [0.1, 0.15) is 55.7 Å². The second-order valence-corrected chi connectivity index (χ2v) is 11.7. The fourth-order valence-corrected chi connectivity index (χ4v) is 5.50. The number of nitrogens with zero attached hydrogens (tertiary/aromatic N) is 2. The van der Waals surface area contributed by atoms with Crippen molar-refractivity contribution in [1.82, 2.24) is 10.2 Å². The van der Waals surface area contributed by atoms with Crippen molar-refractivity contribution in [1.29, 1.82) is 0 Å². The monoisotopic (exact) mass is 517 g/mol. The van der Waals surface area contributed by atoms with E-state index in [1.807, 2.05) is 19.9 Å². The van der Waals surface area contributed by atoms with Crippen LogP contribution in [0.3, 0.4) is 0 Å².